The number of aromatic nitrogens is 2. The van der Waals surface area contributed by atoms with Crippen LogP contribution in [0.4, 0.5) is 0 Å². The van der Waals surface area contributed by atoms with Gasteiger partial charge < -0.3 is 15.7 Å². The lowest BCUT2D eigenvalue weighted by Gasteiger charge is -2.10. The minimum atomic E-state index is -0.348. The van der Waals surface area contributed by atoms with E-state index in [9.17, 15) is 9.90 Å². The van der Waals surface area contributed by atoms with Crippen LogP contribution in [0.25, 0.3) is 5.69 Å². The van der Waals surface area contributed by atoms with Gasteiger partial charge >= 0.3 is 0 Å². The molecule has 1 fully saturated rings. The SMILES string of the molecule is CC(C)c1ccc(-n2cc(O)c(C(=O)NCC3CCCN3)n2)cc1.Cl. The third-order valence-corrected chi connectivity index (χ3v) is 4.41. The zero-order valence-corrected chi connectivity index (χ0v) is 15.3. The largest absolute Gasteiger partial charge is 0.504 e. The molecule has 1 aromatic heterocycles. The summed E-state index contributed by atoms with van der Waals surface area (Å²) in [5, 5.41) is 20.4. The molecule has 0 bridgehead atoms. The number of carbonyl (C=O) groups excluding carboxylic acids is 1. The summed E-state index contributed by atoms with van der Waals surface area (Å²) in [6.45, 7) is 5.81. The fourth-order valence-electron chi connectivity index (χ4n) is 2.90. The summed E-state index contributed by atoms with van der Waals surface area (Å²) in [5.41, 5.74) is 2.10. The van der Waals surface area contributed by atoms with Crippen LogP contribution in [0.1, 0.15) is 48.7 Å². The van der Waals surface area contributed by atoms with Crippen LogP contribution in [0.15, 0.2) is 30.5 Å². The predicted octanol–water partition coefficient (Wildman–Crippen LogP) is 2.60. The number of hydrogen-bond donors (Lipinski definition) is 3. The van der Waals surface area contributed by atoms with E-state index in [0.717, 1.165) is 25.1 Å². The Kier molecular flexibility index (Phi) is 6.45. The first kappa shape index (κ1) is 19.3. The highest BCUT2D eigenvalue weighted by atomic mass is 35.5. The molecule has 1 atom stereocenters. The molecule has 0 spiro atoms. The van der Waals surface area contributed by atoms with Crippen LogP contribution >= 0.6 is 12.4 Å². The van der Waals surface area contributed by atoms with Gasteiger partial charge in [0.1, 0.15) is 0 Å². The normalized spacial score (nSPS) is 16.7. The van der Waals surface area contributed by atoms with Crippen molar-refractivity contribution in [3.63, 3.8) is 0 Å². The number of hydrogen-bond acceptors (Lipinski definition) is 4. The molecule has 1 unspecified atom stereocenters. The van der Waals surface area contributed by atoms with E-state index in [1.807, 2.05) is 24.3 Å². The number of amides is 1. The Morgan fingerprint density at radius 3 is 2.72 bits per heavy atom. The Morgan fingerprint density at radius 1 is 1.40 bits per heavy atom. The van der Waals surface area contributed by atoms with Gasteiger partial charge in [-0.15, -0.1) is 12.4 Å². The highest BCUT2D eigenvalue weighted by molar-refractivity contribution is 5.94. The van der Waals surface area contributed by atoms with Crippen LogP contribution in [0.5, 0.6) is 5.75 Å². The maximum absolute atomic E-state index is 12.2. The number of aromatic hydroxyl groups is 1. The molecule has 1 aliphatic heterocycles. The van der Waals surface area contributed by atoms with Crippen LogP contribution in [0.3, 0.4) is 0 Å². The molecule has 1 amide bonds. The van der Waals surface area contributed by atoms with E-state index in [-0.39, 0.29) is 29.8 Å². The second kappa shape index (κ2) is 8.36. The van der Waals surface area contributed by atoms with Crippen molar-refractivity contribution >= 4 is 18.3 Å². The fourth-order valence-corrected chi connectivity index (χ4v) is 2.90. The minimum absolute atomic E-state index is 0. The minimum Gasteiger partial charge on any atom is -0.504 e. The first-order valence-corrected chi connectivity index (χ1v) is 8.45. The third kappa shape index (κ3) is 4.52. The van der Waals surface area contributed by atoms with Crippen LogP contribution in [0.2, 0.25) is 0 Å². The molecule has 0 aliphatic carbocycles. The zero-order valence-electron chi connectivity index (χ0n) is 14.5. The number of nitrogens with one attached hydrogen (secondary N) is 2. The summed E-state index contributed by atoms with van der Waals surface area (Å²) in [5.74, 6) is -0.00539. The molecule has 1 saturated heterocycles. The van der Waals surface area contributed by atoms with Crippen molar-refractivity contribution in [2.45, 2.75) is 38.6 Å². The molecule has 6 nitrogen and oxygen atoms in total. The average Bonchev–Trinajstić information content (AvgIpc) is 3.22. The van der Waals surface area contributed by atoms with Gasteiger partial charge in [-0.3, -0.25) is 4.79 Å². The van der Waals surface area contributed by atoms with E-state index in [2.05, 4.69) is 29.6 Å². The highest BCUT2D eigenvalue weighted by Gasteiger charge is 2.20. The average molecular weight is 365 g/mol. The van der Waals surface area contributed by atoms with Crippen LogP contribution in [0, 0.1) is 0 Å². The van der Waals surface area contributed by atoms with Crippen molar-refractivity contribution < 1.29 is 9.90 Å². The summed E-state index contributed by atoms with van der Waals surface area (Å²) >= 11 is 0. The molecule has 1 aliphatic rings. The van der Waals surface area contributed by atoms with Gasteiger partial charge in [0, 0.05) is 12.6 Å². The standard InChI is InChI=1S/C18H24N4O2.ClH/c1-12(2)13-5-7-15(8-6-13)22-11-16(23)17(21-22)18(24)20-10-14-4-3-9-19-14;/h5-8,11-12,14,19,23H,3-4,9-10H2,1-2H3,(H,20,24);1H. The maximum atomic E-state index is 12.2. The Hall–Kier alpha value is -2.05. The number of benzene rings is 1. The molecule has 136 valence electrons. The van der Waals surface area contributed by atoms with E-state index >= 15 is 0 Å². The van der Waals surface area contributed by atoms with Crippen LogP contribution in [-0.4, -0.2) is 39.9 Å². The molecule has 3 rings (SSSR count). The van der Waals surface area contributed by atoms with Gasteiger partial charge in [0.25, 0.3) is 5.91 Å². The second-order valence-electron chi connectivity index (χ2n) is 6.56. The van der Waals surface area contributed by atoms with E-state index in [4.69, 9.17) is 0 Å². The summed E-state index contributed by atoms with van der Waals surface area (Å²) in [6.07, 6.45) is 3.66. The number of halogens is 1. The lowest BCUT2D eigenvalue weighted by Crippen LogP contribution is -2.37. The monoisotopic (exact) mass is 364 g/mol. The van der Waals surface area contributed by atoms with Gasteiger partial charge in [-0.05, 0) is 43.0 Å². The summed E-state index contributed by atoms with van der Waals surface area (Å²) < 4.78 is 1.53. The van der Waals surface area contributed by atoms with E-state index in [1.54, 1.807) is 0 Å². The molecular formula is C18H25ClN4O2. The molecule has 2 aromatic rings. The number of rotatable bonds is 5. The maximum Gasteiger partial charge on any atom is 0.275 e. The van der Waals surface area contributed by atoms with Gasteiger partial charge in [0.05, 0.1) is 11.9 Å². The molecule has 1 aromatic carbocycles. The molecule has 3 N–H and O–H groups in total. The van der Waals surface area contributed by atoms with Gasteiger partial charge in [0.2, 0.25) is 0 Å². The topological polar surface area (TPSA) is 79.2 Å². The molecule has 25 heavy (non-hydrogen) atoms. The summed E-state index contributed by atoms with van der Waals surface area (Å²) in [6, 6.07) is 8.24. The quantitative estimate of drug-likeness (QED) is 0.762. The van der Waals surface area contributed by atoms with Gasteiger partial charge in [-0.1, -0.05) is 26.0 Å². The van der Waals surface area contributed by atoms with Crippen molar-refractivity contribution in [3.05, 3.63) is 41.7 Å². The summed E-state index contributed by atoms with van der Waals surface area (Å²) in [4.78, 5) is 12.2. The van der Waals surface area contributed by atoms with E-state index in [1.165, 1.54) is 16.4 Å². The molecule has 2 heterocycles. The van der Waals surface area contributed by atoms with Crippen molar-refractivity contribution in [2.24, 2.45) is 0 Å². The van der Waals surface area contributed by atoms with Crippen molar-refractivity contribution in [1.82, 2.24) is 20.4 Å². The second-order valence-corrected chi connectivity index (χ2v) is 6.56. The predicted molar refractivity (Wildman–Crippen MR) is 99.9 cm³/mol. The van der Waals surface area contributed by atoms with Crippen LogP contribution in [-0.2, 0) is 0 Å². The Bertz CT molecular complexity index is 706. The van der Waals surface area contributed by atoms with Gasteiger partial charge in [-0.25, -0.2) is 4.68 Å². The number of carbonyl (C=O) groups is 1. The van der Waals surface area contributed by atoms with Gasteiger partial charge in [-0.2, -0.15) is 5.10 Å². The Morgan fingerprint density at radius 2 is 2.12 bits per heavy atom. The zero-order chi connectivity index (χ0) is 17.1. The molecule has 0 saturated carbocycles. The molecular weight excluding hydrogens is 340 g/mol. The summed E-state index contributed by atoms with van der Waals surface area (Å²) in [7, 11) is 0. The smallest absolute Gasteiger partial charge is 0.275 e. The number of nitrogens with zero attached hydrogens (tertiary/aromatic N) is 2. The lowest BCUT2D eigenvalue weighted by molar-refractivity contribution is 0.0942. The van der Waals surface area contributed by atoms with Crippen molar-refractivity contribution in [3.8, 4) is 11.4 Å². The van der Waals surface area contributed by atoms with Crippen molar-refractivity contribution in [1.29, 1.82) is 0 Å². The van der Waals surface area contributed by atoms with Gasteiger partial charge in [0.15, 0.2) is 11.4 Å². The van der Waals surface area contributed by atoms with E-state index in [0.29, 0.717) is 18.5 Å². The Labute approximate surface area is 154 Å². The van der Waals surface area contributed by atoms with Crippen LogP contribution < -0.4 is 10.6 Å². The highest BCUT2D eigenvalue weighted by Crippen LogP contribution is 2.20. The third-order valence-electron chi connectivity index (χ3n) is 4.41. The molecule has 7 heteroatoms. The first-order chi connectivity index (χ1) is 11.5. The van der Waals surface area contributed by atoms with Crippen molar-refractivity contribution in [2.75, 3.05) is 13.1 Å². The Balaban J connectivity index is 0.00000225. The van der Waals surface area contributed by atoms with E-state index < -0.39 is 0 Å². The molecule has 0 radical (unpaired) electrons. The first-order valence-electron chi connectivity index (χ1n) is 8.45. The lowest BCUT2D eigenvalue weighted by atomic mass is 10.0. The fraction of sp³-hybridized carbons (Fsp3) is 0.444.